The van der Waals surface area contributed by atoms with Gasteiger partial charge in [0.15, 0.2) is 11.5 Å². The van der Waals surface area contributed by atoms with Crippen LogP contribution >= 0.6 is 23.2 Å². The summed E-state index contributed by atoms with van der Waals surface area (Å²) in [5, 5.41) is 16.6. The standard InChI is InChI=1S/C28H26Cl2N4O4/c1-17(2)26(33-27(35)19-9-10-22(29)23(30)13-19)28(36)34-32-15-18-8-11-24(25(12-18)37-3)38-16-21-7-5-4-6-20(21)14-31/h4-13,15,17,26H,16H2,1-3H3,(H,33,35)(H,34,36). The van der Waals surface area contributed by atoms with E-state index < -0.39 is 17.9 Å². The van der Waals surface area contributed by atoms with E-state index in [0.29, 0.717) is 27.6 Å². The summed E-state index contributed by atoms with van der Waals surface area (Å²) in [7, 11) is 1.51. The smallest absolute Gasteiger partial charge is 0.262 e. The van der Waals surface area contributed by atoms with Crippen LogP contribution in [0.15, 0.2) is 65.8 Å². The zero-order chi connectivity index (χ0) is 27.7. The number of nitriles is 1. The number of carbonyl (C=O) groups excluding carboxylic acids is 2. The Balaban J connectivity index is 1.63. The molecule has 0 saturated carbocycles. The predicted octanol–water partition coefficient (Wildman–Crippen LogP) is 5.36. The van der Waals surface area contributed by atoms with Crippen LogP contribution in [0.2, 0.25) is 10.0 Å². The van der Waals surface area contributed by atoms with Crippen LogP contribution in [0.1, 0.15) is 40.9 Å². The van der Waals surface area contributed by atoms with E-state index in [-0.39, 0.29) is 23.1 Å². The number of halogens is 2. The fourth-order valence-electron chi connectivity index (χ4n) is 3.43. The highest BCUT2D eigenvalue weighted by Crippen LogP contribution is 2.29. The number of amides is 2. The van der Waals surface area contributed by atoms with Gasteiger partial charge in [0.2, 0.25) is 0 Å². The van der Waals surface area contributed by atoms with E-state index in [9.17, 15) is 14.9 Å². The first kappa shape index (κ1) is 28.5. The van der Waals surface area contributed by atoms with Gasteiger partial charge in [-0.1, -0.05) is 55.2 Å². The van der Waals surface area contributed by atoms with Gasteiger partial charge in [-0.25, -0.2) is 5.43 Å². The van der Waals surface area contributed by atoms with Gasteiger partial charge < -0.3 is 14.8 Å². The van der Waals surface area contributed by atoms with E-state index in [1.54, 1.807) is 30.3 Å². The van der Waals surface area contributed by atoms with Gasteiger partial charge in [0.05, 0.1) is 35.0 Å². The zero-order valence-electron chi connectivity index (χ0n) is 21.0. The maximum absolute atomic E-state index is 12.8. The molecule has 0 saturated heterocycles. The lowest BCUT2D eigenvalue weighted by atomic mass is 10.0. The van der Waals surface area contributed by atoms with Crippen molar-refractivity contribution in [2.45, 2.75) is 26.5 Å². The molecule has 10 heteroatoms. The summed E-state index contributed by atoms with van der Waals surface area (Å²) in [4.78, 5) is 25.4. The van der Waals surface area contributed by atoms with Crippen LogP contribution in [0.3, 0.4) is 0 Å². The Morgan fingerprint density at radius 3 is 2.50 bits per heavy atom. The highest BCUT2D eigenvalue weighted by molar-refractivity contribution is 6.42. The Morgan fingerprint density at radius 1 is 1.05 bits per heavy atom. The van der Waals surface area contributed by atoms with Gasteiger partial charge in [-0.2, -0.15) is 10.4 Å². The third-order valence-corrected chi connectivity index (χ3v) is 6.25. The first-order valence-corrected chi connectivity index (χ1v) is 12.4. The first-order chi connectivity index (χ1) is 18.2. The van der Waals surface area contributed by atoms with Crippen LogP contribution in [-0.2, 0) is 11.4 Å². The fraction of sp³-hybridized carbons (Fsp3) is 0.214. The molecule has 3 aromatic rings. The van der Waals surface area contributed by atoms with Crippen molar-refractivity contribution in [3.05, 3.63) is 93.0 Å². The largest absolute Gasteiger partial charge is 0.493 e. The Kier molecular flexibility index (Phi) is 10.1. The molecular formula is C28H26Cl2N4O4. The van der Waals surface area contributed by atoms with Gasteiger partial charge in [-0.05, 0) is 53.9 Å². The number of nitrogens with one attached hydrogen (secondary N) is 2. The highest BCUT2D eigenvalue weighted by Gasteiger charge is 2.24. The van der Waals surface area contributed by atoms with Crippen LogP contribution in [0.25, 0.3) is 0 Å². The number of ether oxygens (including phenoxy) is 2. The molecule has 1 atom stereocenters. The summed E-state index contributed by atoms with van der Waals surface area (Å²) in [6, 6.07) is 18.1. The predicted molar refractivity (Wildman–Crippen MR) is 147 cm³/mol. The summed E-state index contributed by atoms with van der Waals surface area (Å²) >= 11 is 11.9. The Hall–Kier alpha value is -4.06. The maximum Gasteiger partial charge on any atom is 0.262 e. The van der Waals surface area contributed by atoms with E-state index in [2.05, 4.69) is 21.9 Å². The minimum Gasteiger partial charge on any atom is -0.493 e. The third-order valence-electron chi connectivity index (χ3n) is 5.51. The molecule has 0 aliphatic heterocycles. The number of hydrogen-bond acceptors (Lipinski definition) is 6. The number of methoxy groups -OCH3 is 1. The minimum atomic E-state index is -0.837. The number of hydrazone groups is 1. The van der Waals surface area contributed by atoms with Crippen molar-refractivity contribution in [1.82, 2.24) is 10.7 Å². The van der Waals surface area contributed by atoms with Crippen molar-refractivity contribution in [3.63, 3.8) is 0 Å². The van der Waals surface area contributed by atoms with Gasteiger partial charge in [0.25, 0.3) is 11.8 Å². The third kappa shape index (κ3) is 7.48. The number of nitrogens with zero attached hydrogens (tertiary/aromatic N) is 2. The average molecular weight is 553 g/mol. The molecule has 196 valence electrons. The Bertz CT molecular complexity index is 1390. The molecule has 0 aliphatic rings. The molecule has 3 aromatic carbocycles. The topological polar surface area (TPSA) is 113 Å². The van der Waals surface area contributed by atoms with E-state index in [1.165, 1.54) is 31.5 Å². The van der Waals surface area contributed by atoms with Gasteiger partial charge in [0, 0.05) is 11.1 Å². The molecular weight excluding hydrogens is 527 g/mol. The zero-order valence-corrected chi connectivity index (χ0v) is 22.5. The SMILES string of the molecule is COc1cc(C=NNC(=O)C(NC(=O)c2ccc(Cl)c(Cl)c2)C(C)C)ccc1OCc1ccccc1C#N. The average Bonchev–Trinajstić information content (AvgIpc) is 2.92. The van der Waals surface area contributed by atoms with Crippen LogP contribution in [-0.4, -0.2) is 31.2 Å². The van der Waals surface area contributed by atoms with Crippen molar-refractivity contribution in [3.8, 4) is 17.6 Å². The molecule has 0 aliphatic carbocycles. The summed E-state index contributed by atoms with van der Waals surface area (Å²) < 4.78 is 11.3. The van der Waals surface area contributed by atoms with Crippen molar-refractivity contribution in [2.75, 3.05) is 7.11 Å². The molecule has 8 nitrogen and oxygen atoms in total. The number of carbonyl (C=O) groups is 2. The summed E-state index contributed by atoms with van der Waals surface area (Å²) in [5.41, 5.74) is 4.70. The molecule has 0 aromatic heterocycles. The van der Waals surface area contributed by atoms with Gasteiger partial charge in [-0.15, -0.1) is 0 Å². The van der Waals surface area contributed by atoms with Crippen LogP contribution < -0.4 is 20.2 Å². The minimum absolute atomic E-state index is 0.203. The lowest BCUT2D eigenvalue weighted by Crippen LogP contribution is -2.48. The highest BCUT2D eigenvalue weighted by atomic mass is 35.5. The fourth-order valence-corrected chi connectivity index (χ4v) is 3.73. The second-order valence-electron chi connectivity index (χ2n) is 8.53. The molecule has 0 heterocycles. The summed E-state index contributed by atoms with van der Waals surface area (Å²) in [6.07, 6.45) is 1.45. The Morgan fingerprint density at radius 2 is 1.82 bits per heavy atom. The molecule has 38 heavy (non-hydrogen) atoms. The van der Waals surface area contributed by atoms with Crippen molar-refractivity contribution in [1.29, 1.82) is 5.26 Å². The molecule has 1 unspecified atom stereocenters. The van der Waals surface area contributed by atoms with Crippen LogP contribution in [0.4, 0.5) is 0 Å². The monoisotopic (exact) mass is 552 g/mol. The second kappa shape index (κ2) is 13.5. The van der Waals surface area contributed by atoms with Gasteiger partial charge in [0.1, 0.15) is 12.6 Å². The van der Waals surface area contributed by atoms with E-state index >= 15 is 0 Å². The van der Waals surface area contributed by atoms with E-state index in [0.717, 1.165) is 5.56 Å². The molecule has 3 rings (SSSR count). The van der Waals surface area contributed by atoms with Gasteiger partial charge >= 0.3 is 0 Å². The van der Waals surface area contributed by atoms with E-state index in [4.69, 9.17) is 32.7 Å². The molecule has 2 N–H and O–H groups in total. The molecule has 0 bridgehead atoms. The van der Waals surface area contributed by atoms with Crippen molar-refractivity contribution >= 4 is 41.2 Å². The lowest BCUT2D eigenvalue weighted by Gasteiger charge is -2.20. The molecule has 2 amide bonds. The second-order valence-corrected chi connectivity index (χ2v) is 9.34. The van der Waals surface area contributed by atoms with Crippen molar-refractivity contribution in [2.24, 2.45) is 11.0 Å². The quantitative estimate of drug-likeness (QED) is 0.259. The summed E-state index contributed by atoms with van der Waals surface area (Å²) in [5.74, 6) is -0.193. The van der Waals surface area contributed by atoms with E-state index in [1.807, 2.05) is 26.0 Å². The van der Waals surface area contributed by atoms with Crippen molar-refractivity contribution < 1.29 is 19.1 Å². The first-order valence-electron chi connectivity index (χ1n) is 11.6. The number of hydrogen-bond donors (Lipinski definition) is 2. The van der Waals surface area contributed by atoms with Gasteiger partial charge in [-0.3, -0.25) is 9.59 Å². The Labute approximate surface area is 231 Å². The molecule has 0 spiro atoms. The number of rotatable bonds is 10. The van der Waals surface area contributed by atoms with Crippen LogP contribution in [0.5, 0.6) is 11.5 Å². The number of benzene rings is 3. The molecule has 0 radical (unpaired) electrons. The summed E-state index contributed by atoms with van der Waals surface area (Å²) in [6.45, 7) is 3.82. The maximum atomic E-state index is 12.8. The van der Waals surface area contributed by atoms with Crippen LogP contribution in [0, 0.1) is 17.2 Å². The normalized spacial score (nSPS) is 11.6. The lowest BCUT2D eigenvalue weighted by molar-refractivity contribution is -0.123. The molecule has 0 fully saturated rings.